The molecule has 3 N–H and O–H groups in total. The maximum absolute atomic E-state index is 13.3. The summed E-state index contributed by atoms with van der Waals surface area (Å²) in [6.07, 6.45) is 0.517. The van der Waals surface area contributed by atoms with Gasteiger partial charge in [-0.1, -0.05) is 11.6 Å². The zero-order valence-electron chi connectivity index (χ0n) is 12.7. The summed E-state index contributed by atoms with van der Waals surface area (Å²) in [5.74, 6) is 1.43. The zero-order valence-corrected chi connectivity index (χ0v) is 14.2. The van der Waals surface area contributed by atoms with Crippen molar-refractivity contribution in [3.63, 3.8) is 0 Å². The molecule has 0 aliphatic rings. The third kappa shape index (κ3) is 3.48. The maximum atomic E-state index is 13.3. The number of hydrogen-bond donors (Lipinski definition) is 2. The third-order valence-corrected chi connectivity index (χ3v) is 4.10. The van der Waals surface area contributed by atoms with Gasteiger partial charge in [0.1, 0.15) is 28.2 Å². The molecule has 0 fully saturated rings. The first-order valence-electron chi connectivity index (χ1n) is 7.26. The van der Waals surface area contributed by atoms with Crippen LogP contribution in [0.15, 0.2) is 27.2 Å². The fraction of sp³-hybridized carbons (Fsp3) is 0.333. The van der Waals surface area contributed by atoms with E-state index in [0.29, 0.717) is 35.0 Å². The van der Waals surface area contributed by atoms with E-state index < -0.39 is 12.2 Å². The minimum atomic E-state index is -1.19. The van der Waals surface area contributed by atoms with Gasteiger partial charge in [-0.05, 0) is 30.7 Å². The molecule has 0 unspecified atom stereocenters. The van der Waals surface area contributed by atoms with Gasteiger partial charge in [-0.25, -0.2) is 9.37 Å². The number of anilines is 1. The van der Waals surface area contributed by atoms with Gasteiger partial charge in [-0.3, -0.25) is 0 Å². The molecule has 0 aliphatic carbocycles. The van der Waals surface area contributed by atoms with Crippen molar-refractivity contribution >= 4 is 40.1 Å². The Kier molecular flexibility index (Phi) is 4.93. The minimum absolute atomic E-state index is 0.0156. The Hall–Kier alpha value is -1.83. The lowest BCUT2D eigenvalue weighted by molar-refractivity contribution is 0.296. The van der Waals surface area contributed by atoms with E-state index in [1.165, 1.54) is 6.92 Å². The van der Waals surface area contributed by atoms with E-state index in [0.717, 1.165) is 0 Å². The van der Waals surface area contributed by atoms with E-state index in [-0.39, 0.29) is 16.7 Å². The van der Waals surface area contributed by atoms with E-state index in [1.807, 2.05) is 6.07 Å². The Balaban J connectivity index is 1.94. The standard InChI is InChI=1S/C15H15Cl2FN4O2/c1-7(18)9(19)5-10-11(16)12-13(24-10)14(22-15(17)21-12)20-6-8-3-2-4-23-8/h2-4,7,9H,5-6,19H2,1H3,(H,20,21,22)/t7-,9+/m0/s1. The first-order valence-corrected chi connectivity index (χ1v) is 8.01. The Labute approximate surface area is 147 Å². The SMILES string of the molecule is C[C@H](F)[C@H](N)Cc1oc2c(NCc3ccco3)nc(Cl)nc2c1Cl. The lowest BCUT2D eigenvalue weighted by atomic mass is 10.1. The van der Waals surface area contributed by atoms with Gasteiger partial charge in [-0.2, -0.15) is 4.98 Å². The molecule has 0 radical (unpaired) electrons. The second kappa shape index (κ2) is 6.96. The maximum Gasteiger partial charge on any atom is 0.225 e. The summed E-state index contributed by atoms with van der Waals surface area (Å²) in [7, 11) is 0. The van der Waals surface area contributed by atoms with Crippen LogP contribution in [0.3, 0.4) is 0 Å². The highest BCUT2D eigenvalue weighted by molar-refractivity contribution is 6.36. The van der Waals surface area contributed by atoms with Crippen molar-refractivity contribution in [1.82, 2.24) is 9.97 Å². The van der Waals surface area contributed by atoms with Crippen molar-refractivity contribution in [2.24, 2.45) is 5.73 Å². The number of nitrogens with one attached hydrogen (secondary N) is 1. The summed E-state index contributed by atoms with van der Waals surface area (Å²) in [6, 6.07) is 2.86. The fourth-order valence-electron chi connectivity index (χ4n) is 2.18. The summed E-state index contributed by atoms with van der Waals surface area (Å²) in [5, 5.41) is 3.33. The van der Waals surface area contributed by atoms with Crippen LogP contribution in [0, 0.1) is 0 Å². The predicted octanol–water partition coefficient (Wildman–Crippen LogP) is 3.96. The number of halogens is 3. The van der Waals surface area contributed by atoms with Gasteiger partial charge in [0.25, 0.3) is 0 Å². The van der Waals surface area contributed by atoms with Gasteiger partial charge in [0, 0.05) is 12.5 Å². The zero-order chi connectivity index (χ0) is 17.3. The molecule has 3 aromatic rings. The summed E-state index contributed by atoms with van der Waals surface area (Å²) >= 11 is 12.2. The largest absolute Gasteiger partial charge is 0.467 e. The van der Waals surface area contributed by atoms with Gasteiger partial charge in [-0.15, -0.1) is 0 Å². The van der Waals surface area contributed by atoms with Gasteiger partial charge < -0.3 is 19.9 Å². The summed E-state index contributed by atoms with van der Waals surface area (Å²) in [4.78, 5) is 8.20. The smallest absolute Gasteiger partial charge is 0.225 e. The van der Waals surface area contributed by atoms with Gasteiger partial charge in [0.05, 0.1) is 12.8 Å². The molecule has 0 spiro atoms. The average Bonchev–Trinajstić information content (AvgIpc) is 3.15. The lowest BCUT2D eigenvalue weighted by Gasteiger charge is -2.10. The van der Waals surface area contributed by atoms with E-state index in [1.54, 1.807) is 12.3 Å². The van der Waals surface area contributed by atoms with Crippen LogP contribution < -0.4 is 11.1 Å². The third-order valence-electron chi connectivity index (χ3n) is 3.54. The van der Waals surface area contributed by atoms with Crippen LogP contribution in [-0.2, 0) is 13.0 Å². The Morgan fingerprint density at radius 2 is 2.17 bits per heavy atom. The van der Waals surface area contributed by atoms with Crippen molar-refractivity contribution in [2.75, 3.05) is 5.32 Å². The molecular weight excluding hydrogens is 358 g/mol. The highest BCUT2D eigenvalue weighted by Crippen LogP contribution is 2.34. The number of hydrogen-bond acceptors (Lipinski definition) is 6. The number of fused-ring (bicyclic) bond motifs is 1. The molecule has 0 bridgehead atoms. The monoisotopic (exact) mass is 372 g/mol. The molecule has 0 saturated carbocycles. The average molecular weight is 373 g/mol. The lowest BCUT2D eigenvalue weighted by Crippen LogP contribution is -2.31. The Bertz CT molecular complexity index is 836. The highest BCUT2D eigenvalue weighted by atomic mass is 35.5. The van der Waals surface area contributed by atoms with Gasteiger partial charge in [0.2, 0.25) is 5.28 Å². The van der Waals surface area contributed by atoms with Crippen LogP contribution in [0.2, 0.25) is 10.3 Å². The molecule has 24 heavy (non-hydrogen) atoms. The van der Waals surface area contributed by atoms with E-state index in [2.05, 4.69) is 15.3 Å². The van der Waals surface area contributed by atoms with Crippen LogP contribution in [0.1, 0.15) is 18.4 Å². The van der Waals surface area contributed by atoms with Crippen LogP contribution in [0.25, 0.3) is 11.1 Å². The molecule has 0 amide bonds. The summed E-state index contributed by atoms with van der Waals surface area (Å²) < 4.78 is 24.3. The number of nitrogens with two attached hydrogens (primary N) is 1. The molecule has 0 aliphatic heterocycles. The number of alkyl halides is 1. The molecule has 3 rings (SSSR count). The Morgan fingerprint density at radius 1 is 1.38 bits per heavy atom. The number of rotatable bonds is 6. The van der Waals surface area contributed by atoms with Crippen molar-refractivity contribution in [1.29, 1.82) is 0 Å². The minimum Gasteiger partial charge on any atom is -0.467 e. The number of nitrogens with zero attached hydrogens (tertiary/aromatic N) is 2. The van der Waals surface area contributed by atoms with Gasteiger partial charge >= 0.3 is 0 Å². The molecule has 128 valence electrons. The molecule has 6 nitrogen and oxygen atoms in total. The first kappa shape index (κ1) is 17.0. The van der Waals surface area contributed by atoms with Crippen LogP contribution in [0.5, 0.6) is 0 Å². The van der Waals surface area contributed by atoms with E-state index in [9.17, 15) is 4.39 Å². The van der Waals surface area contributed by atoms with E-state index in [4.69, 9.17) is 37.8 Å². The molecule has 0 saturated heterocycles. The molecule has 3 aromatic heterocycles. The number of aromatic nitrogens is 2. The molecule has 3 heterocycles. The first-order chi connectivity index (χ1) is 11.5. The topological polar surface area (TPSA) is 90.1 Å². The molecule has 2 atom stereocenters. The van der Waals surface area contributed by atoms with E-state index >= 15 is 0 Å². The molecule has 0 aromatic carbocycles. The second-order valence-corrected chi connectivity index (χ2v) is 6.05. The Morgan fingerprint density at radius 3 is 2.83 bits per heavy atom. The predicted molar refractivity (Wildman–Crippen MR) is 90.1 cm³/mol. The normalized spacial score (nSPS) is 14.0. The van der Waals surface area contributed by atoms with Crippen molar-refractivity contribution in [3.05, 3.63) is 40.2 Å². The summed E-state index contributed by atoms with van der Waals surface area (Å²) in [5.41, 5.74) is 6.44. The second-order valence-electron chi connectivity index (χ2n) is 5.34. The van der Waals surface area contributed by atoms with Crippen LogP contribution in [-0.4, -0.2) is 22.2 Å². The summed E-state index contributed by atoms with van der Waals surface area (Å²) in [6.45, 7) is 1.76. The quantitative estimate of drug-likeness (QED) is 0.636. The van der Waals surface area contributed by atoms with Crippen LogP contribution >= 0.6 is 23.2 Å². The van der Waals surface area contributed by atoms with Gasteiger partial charge in [0.15, 0.2) is 11.4 Å². The van der Waals surface area contributed by atoms with Crippen molar-refractivity contribution in [3.8, 4) is 0 Å². The number of furan rings is 2. The van der Waals surface area contributed by atoms with Crippen molar-refractivity contribution < 1.29 is 13.2 Å². The fourth-order valence-corrected chi connectivity index (χ4v) is 2.59. The van der Waals surface area contributed by atoms with Crippen LogP contribution in [0.4, 0.5) is 10.2 Å². The van der Waals surface area contributed by atoms with Crippen molar-refractivity contribution in [2.45, 2.75) is 32.1 Å². The highest BCUT2D eigenvalue weighted by Gasteiger charge is 2.22. The molecular formula is C15H15Cl2FN4O2. The molecule has 9 heteroatoms.